The number of halogens is 1. The van der Waals surface area contributed by atoms with Crippen LogP contribution in [0.5, 0.6) is 0 Å². The van der Waals surface area contributed by atoms with Gasteiger partial charge >= 0.3 is 0 Å². The number of benzene rings is 1. The number of carbonyl (C=O) groups excluding carboxylic acids is 1. The van der Waals surface area contributed by atoms with E-state index in [-0.39, 0.29) is 5.91 Å². The number of rotatable bonds is 3. The van der Waals surface area contributed by atoms with Crippen LogP contribution in [0.4, 0.5) is 5.69 Å². The number of anilines is 1. The van der Waals surface area contributed by atoms with Crippen LogP contribution in [0.1, 0.15) is 10.5 Å². The Morgan fingerprint density at radius 2 is 1.92 bits per heavy atom. The van der Waals surface area contributed by atoms with E-state index < -0.39 is 0 Å². The van der Waals surface area contributed by atoms with Gasteiger partial charge in [-0.05, 0) is 48.5 Å². The molecule has 0 aliphatic heterocycles. The minimum Gasteiger partial charge on any atom is -0.321 e. The predicted octanol–water partition coefficient (Wildman–Crippen LogP) is 4.03. The number of hydrogen-bond acceptors (Lipinski definition) is 2. The topological polar surface area (TPSA) is 51.3 Å². The van der Waals surface area contributed by atoms with Gasteiger partial charge in [0.15, 0.2) is 5.69 Å². The van der Waals surface area contributed by atoms with Crippen LogP contribution in [-0.4, -0.2) is 20.1 Å². The van der Waals surface area contributed by atoms with E-state index in [1.807, 2.05) is 40.9 Å². The fourth-order valence-electron chi connectivity index (χ4n) is 2.56. The summed E-state index contributed by atoms with van der Waals surface area (Å²) in [6.07, 6.45) is 3.72. The number of pyridine rings is 1. The molecule has 0 aliphatic carbocycles. The Kier molecular flexibility index (Phi) is 3.55. The summed E-state index contributed by atoms with van der Waals surface area (Å²) in [5.74, 6) is 0.587. The Labute approximate surface area is 143 Å². The molecule has 1 amide bonds. The second kappa shape index (κ2) is 5.86. The normalized spacial score (nSPS) is 10.9. The van der Waals surface area contributed by atoms with Crippen molar-refractivity contribution in [3.63, 3.8) is 0 Å². The third-order valence-corrected chi connectivity index (χ3v) is 3.92. The van der Waals surface area contributed by atoms with Crippen LogP contribution < -0.4 is 5.32 Å². The quantitative estimate of drug-likeness (QED) is 0.614. The zero-order valence-corrected chi connectivity index (χ0v) is 13.3. The smallest absolute Gasteiger partial charge is 0.276 e. The molecule has 5 nitrogen and oxygen atoms in total. The Balaban J connectivity index is 1.61. The van der Waals surface area contributed by atoms with E-state index >= 15 is 0 Å². The van der Waals surface area contributed by atoms with Gasteiger partial charge < -0.3 is 9.72 Å². The summed E-state index contributed by atoms with van der Waals surface area (Å²) in [5.41, 5.74) is 2.03. The van der Waals surface area contributed by atoms with Crippen molar-refractivity contribution in [1.29, 1.82) is 0 Å². The van der Waals surface area contributed by atoms with Crippen molar-refractivity contribution in [2.45, 2.75) is 0 Å². The minimum absolute atomic E-state index is 0.281. The van der Waals surface area contributed by atoms with E-state index in [1.165, 1.54) is 0 Å². The Morgan fingerprint density at radius 3 is 2.79 bits per heavy atom. The first-order valence-electron chi connectivity index (χ1n) is 7.40. The first-order chi connectivity index (χ1) is 11.7. The van der Waals surface area contributed by atoms with E-state index in [1.54, 1.807) is 41.2 Å². The van der Waals surface area contributed by atoms with Gasteiger partial charge in [0.05, 0.1) is 0 Å². The van der Waals surface area contributed by atoms with Crippen LogP contribution in [0.3, 0.4) is 0 Å². The summed E-state index contributed by atoms with van der Waals surface area (Å²) in [4.78, 5) is 12.3. The van der Waals surface area contributed by atoms with Gasteiger partial charge in [-0.2, -0.15) is 5.10 Å². The number of fused-ring (bicyclic) bond motifs is 1. The molecule has 0 aliphatic rings. The highest BCUT2D eigenvalue weighted by Gasteiger charge is 2.12. The highest BCUT2D eigenvalue weighted by Crippen LogP contribution is 2.17. The molecule has 0 atom stereocenters. The molecule has 1 aromatic carbocycles. The molecule has 3 heterocycles. The Morgan fingerprint density at radius 1 is 1.00 bits per heavy atom. The van der Waals surface area contributed by atoms with E-state index in [0.29, 0.717) is 16.4 Å². The lowest BCUT2D eigenvalue weighted by atomic mass is 10.3. The molecule has 0 spiro atoms. The lowest BCUT2D eigenvalue weighted by molar-refractivity contribution is 0.102. The summed E-state index contributed by atoms with van der Waals surface area (Å²) in [7, 11) is 0. The molecule has 4 aromatic rings. The molecule has 0 unspecified atom stereocenters. The van der Waals surface area contributed by atoms with E-state index in [4.69, 9.17) is 11.6 Å². The fourth-order valence-corrected chi connectivity index (χ4v) is 2.75. The second-order valence-electron chi connectivity index (χ2n) is 5.30. The molecule has 118 valence electrons. The van der Waals surface area contributed by atoms with Gasteiger partial charge in [-0.25, -0.2) is 4.68 Å². The lowest BCUT2D eigenvalue weighted by Gasteiger charge is -2.04. The van der Waals surface area contributed by atoms with E-state index in [9.17, 15) is 4.79 Å². The van der Waals surface area contributed by atoms with Crippen molar-refractivity contribution in [2.24, 2.45) is 0 Å². The maximum Gasteiger partial charge on any atom is 0.276 e. The van der Waals surface area contributed by atoms with Crippen LogP contribution in [0.25, 0.3) is 11.3 Å². The molecule has 4 rings (SSSR count). The van der Waals surface area contributed by atoms with Crippen molar-refractivity contribution in [1.82, 2.24) is 14.2 Å². The van der Waals surface area contributed by atoms with Gasteiger partial charge in [0, 0.05) is 28.6 Å². The molecule has 24 heavy (non-hydrogen) atoms. The lowest BCUT2D eigenvalue weighted by Crippen LogP contribution is -2.13. The van der Waals surface area contributed by atoms with Gasteiger partial charge in [-0.15, -0.1) is 0 Å². The zero-order chi connectivity index (χ0) is 16.5. The van der Waals surface area contributed by atoms with Crippen molar-refractivity contribution in [3.8, 4) is 5.82 Å². The van der Waals surface area contributed by atoms with Crippen LogP contribution >= 0.6 is 11.6 Å². The third kappa shape index (κ3) is 2.66. The maximum atomic E-state index is 12.3. The van der Waals surface area contributed by atoms with E-state index in [0.717, 1.165) is 11.3 Å². The monoisotopic (exact) mass is 336 g/mol. The first-order valence-corrected chi connectivity index (χ1v) is 7.77. The number of aromatic nitrogens is 3. The molecular formula is C18H13ClN4O. The minimum atomic E-state index is -0.281. The first kappa shape index (κ1) is 14.5. The van der Waals surface area contributed by atoms with Gasteiger partial charge in [0.1, 0.15) is 5.82 Å². The molecule has 6 heteroatoms. The fraction of sp³-hybridized carbons (Fsp3) is 0. The molecule has 0 bridgehead atoms. The van der Waals surface area contributed by atoms with Crippen LogP contribution in [0, 0.1) is 0 Å². The summed E-state index contributed by atoms with van der Waals surface area (Å²) < 4.78 is 3.69. The van der Waals surface area contributed by atoms with Gasteiger partial charge in [-0.1, -0.05) is 23.7 Å². The van der Waals surface area contributed by atoms with Crippen molar-refractivity contribution < 1.29 is 4.79 Å². The number of amides is 1. The van der Waals surface area contributed by atoms with Gasteiger partial charge in [0.2, 0.25) is 0 Å². The Bertz CT molecular complexity index is 1030. The Hall–Kier alpha value is -3.05. The average molecular weight is 337 g/mol. The molecule has 1 N–H and O–H groups in total. The van der Waals surface area contributed by atoms with Gasteiger partial charge in [0.25, 0.3) is 5.91 Å². The average Bonchev–Trinajstić information content (AvgIpc) is 3.21. The molecule has 0 saturated carbocycles. The zero-order valence-electron chi connectivity index (χ0n) is 12.6. The molecule has 0 saturated heterocycles. The second-order valence-corrected chi connectivity index (χ2v) is 5.73. The molecule has 0 fully saturated rings. The number of nitrogens with one attached hydrogen (secondary N) is 1. The standard InChI is InChI=1S/C18H13ClN4O/c19-13-4-3-5-14(12-13)20-18(24)16-9-11-23(21-16)17-8-7-15-6-1-2-10-22(15)17/h1-12H,(H,20,24). The highest BCUT2D eigenvalue weighted by atomic mass is 35.5. The number of nitrogens with zero attached hydrogens (tertiary/aromatic N) is 3. The molecule has 3 aromatic heterocycles. The maximum absolute atomic E-state index is 12.3. The van der Waals surface area contributed by atoms with Crippen LogP contribution in [0.2, 0.25) is 5.02 Å². The largest absolute Gasteiger partial charge is 0.321 e. The summed E-state index contributed by atoms with van der Waals surface area (Å²) in [5, 5.41) is 7.73. The SMILES string of the molecule is O=C(Nc1cccc(Cl)c1)c1ccn(-c2ccc3ccccn23)n1. The summed E-state index contributed by atoms with van der Waals surface area (Å²) >= 11 is 5.93. The van der Waals surface area contributed by atoms with Crippen molar-refractivity contribution in [2.75, 3.05) is 5.32 Å². The molecule has 0 radical (unpaired) electrons. The number of hydrogen-bond donors (Lipinski definition) is 1. The molecular weight excluding hydrogens is 324 g/mol. The van der Waals surface area contributed by atoms with Crippen molar-refractivity contribution >= 4 is 28.7 Å². The predicted molar refractivity (Wildman–Crippen MR) is 93.9 cm³/mol. The summed E-state index contributed by atoms with van der Waals surface area (Å²) in [6.45, 7) is 0. The van der Waals surface area contributed by atoms with Crippen LogP contribution in [0.15, 0.2) is 73.1 Å². The van der Waals surface area contributed by atoms with Crippen LogP contribution in [-0.2, 0) is 0 Å². The van der Waals surface area contributed by atoms with E-state index in [2.05, 4.69) is 10.4 Å². The highest BCUT2D eigenvalue weighted by molar-refractivity contribution is 6.30. The summed E-state index contributed by atoms with van der Waals surface area (Å²) in [6, 6.07) is 18.6. The third-order valence-electron chi connectivity index (χ3n) is 3.68. The number of carbonyl (C=O) groups is 1. The van der Waals surface area contributed by atoms with Crippen molar-refractivity contribution in [3.05, 3.63) is 83.8 Å². The van der Waals surface area contributed by atoms with Gasteiger partial charge in [-0.3, -0.25) is 4.79 Å².